The molecule has 2 aromatic rings. The number of amides is 2. The topological polar surface area (TPSA) is 87.6 Å². The Morgan fingerprint density at radius 2 is 2.00 bits per heavy atom. The third-order valence-corrected chi connectivity index (χ3v) is 4.02. The number of hydrazone groups is 1. The number of hydrogen-bond acceptors (Lipinski definition) is 5. The molecule has 0 saturated heterocycles. The van der Waals surface area contributed by atoms with Crippen molar-refractivity contribution in [2.24, 2.45) is 5.10 Å². The van der Waals surface area contributed by atoms with Crippen LogP contribution in [0.2, 0.25) is 0 Å². The highest BCUT2D eigenvalue weighted by Gasteiger charge is 2.32. The summed E-state index contributed by atoms with van der Waals surface area (Å²) in [6.45, 7) is 0. The molecule has 1 aliphatic heterocycles. The number of pyridine rings is 2. The van der Waals surface area contributed by atoms with Gasteiger partial charge < -0.3 is 5.32 Å². The van der Waals surface area contributed by atoms with Gasteiger partial charge in [-0.1, -0.05) is 12.1 Å². The Hall–Kier alpha value is -3.30. The van der Waals surface area contributed by atoms with Crippen molar-refractivity contribution in [3.63, 3.8) is 0 Å². The van der Waals surface area contributed by atoms with Crippen LogP contribution in [0, 0.1) is 0 Å². The molecule has 2 aromatic heterocycles. The maximum absolute atomic E-state index is 12.7. The van der Waals surface area contributed by atoms with Crippen molar-refractivity contribution in [2.45, 2.75) is 25.4 Å². The smallest absolute Gasteiger partial charge is 0.305 e. The molecule has 3 heterocycles. The van der Waals surface area contributed by atoms with Gasteiger partial charge in [0, 0.05) is 38.2 Å². The molecule has 0 saturated carbocycles. The minimum atomic E-state index is -4.50. The second-order valence-corrected chi connectivity index (χ2v) is 6.16. The SMILES string of the molecule is CN1N=C(C(=O)Nc2ccc(Cc3cccc(C(F)(F)F)n3)cn2)CCC1=O. The van der Waals surface area contributed by atoms with Gasteiger partial charge in [0.1, 0.15) is 17.2 Å². The molecule has 0 fully saturated rings. The van der Waals surface area contributed by atoms with Crippen LogP contribution in [0.15, 0.2) is 41.6 Å². The number of rotatable bonds is 4. The lowest BCUT2D eigenvalue weighted by atomic mass is 10.1. The molecule has 3 rings (SSSR count). The average molecular weight is 391 g/mol. The number of carbonyl (C=O) groups is 2. The van der Waals surface area contributed by atoms with Crippen LogP contribution in [0.25, 0.3) is 0 Å². The summed E-state index contributed by atoms with van der Waals surface area (Å²) in [5.41, 5.74) is 0.183. The Bertz CT molecular complexity index is 926. The fraction of sp³-hybridized carbons (Fsp3) is 0.278. The van der Waals surface area contributed by atoms with E-state index in [1.807, 2.05) is 0 Å². The highest BCUT2D eigenvalue weighted by Crippen LogP contribution is 2.27. The molecular formula is C18H16F3N5O2. The Morgan fingerprint density at radius 1 is 1.21 bits per heavy atom. The predicted molar refractivity (Wildman–Crippen MR) is 94.4 cm³/mol. The van der Waals surface area contributed by atoms with E-state index in [0.29, 0.717) is 5.56 Å². The molecule has 0 aliphatic carbocycles. The number of halogens is 3. The monoisotopic (exact) mass is 391 g/mol. The summed E-state index contributed by atoms with van der Waals surface area (Å²) in [6.07, 6.45) is -2.42. The molecule has 28 heavy (non-hydrogen) atoms. The van der Waals surface area contributed by atoms with E-state index >= 15 is 0 Å². The van der Waals surface area contributed by atoms with Gasteiger partial charge in [0.2, 0.25) is 5.91 Å². The number of nitrogens with zero attached hydrogens (tertiary/aromatic N) is 4. The third-order valence-electron chi connectivity index (χ3n) is 4.02. The van der Waals surface area contributed by atoms with E-state index in [9.17, 15) is 22.8 Å². The fourth-order valence-corrected chi connectivity index (χ4v) is 2.57. The van der Waals surface area contributed by atoms with Crippen molar-refractivity contribution in [1.82, 2.24) is 15.0 Å². The lowest BCUT2D eigenvalue weighted by Crippen LogP contribution is -2.34. The van der Waals surface area contributed by atoms with Gasteiger partial charge in [0.25, 0.3) is 5.91 Å². The maximum Gasteiger partial charge on any atom is 0.433 e. The average Bonchev–Trinajstić information content (AvgIpc) is 2.65. The summed E-state index contributed by atoms with van der Waals surface area (Å²) in [6, 6.07) is 6.91. The second kappa shape index (κ2) is 7.75. The van der Waals surface area contributed by atoms with Crippen molar-refractivity contribution >= 4 is 23.3 Å². The quantitative estimate of drug-likeness (QED) is 0.868. The standard InChI is InChI=1S/C18H16F3N5O2/c1-26-16(27)8-6-13(25-26)17(28)24-15-7-5-11(10-22-15)9-12-3-2-4-14(23-12)18(19,20)21/h2-5,7,10H,6,8-9H2,1H3,(H,22,24,28). The number of alkyl halides is 3. The van der Waals surface area contributed by atoms with Gasteiger partial charge in [-0.15, -0.1) is 0 Å². The molecule has 10 heteroatoms. The molecule has 2 amide bonds. The van der Waals surface area contributed by atoms with Gasteiger partial charge in [0.05, 0.1) is 0 Å². The summed E-state index contributed by atoms with van der Waals surface area (Å²) in [5, 5.41) is 7.63. The van der Waals surface area contributed by atoms with E-state index in [4.69, 9.17) is 0 Å². The number of carbonyl (C=O) groups excluding carboxylic acids is 2. The number of anilines is 1. The lowest BCUT2D eigenvalue weighted by molar-refractivity contribution is -0.141. The summed E-state index contributed by atoms with van der Waals surface area (Å²) in [7, 11) is 1.48. The van der Waals surface area contributed by atoms with Gasteiger partial charge in [-0.05, 0) is 23.8 Å². The van der Waals surface area contributed by atoms with Crippen molar-refractivity contribution < 1.29 is 22.8 Å². The van der Waals surface area contributed by atoms with E-state index in [1.54, 1.807) is 12.1 Å². The van der Waals surface area contributed by atoms with Gasteiger partial charge in [0.15, 0.2) is 0 Å². The number of aromatic nitrogens is 2. The Balaban J connectivity index is 1.65. The third kappa shape index (κ3) is 4.70. The number of nitrogens with one attached hydrogen (secondary N) is 1. The molecule has 0 radical (unpaired) electrons. The summed E-state index contributed by atoms with van der Waals surface area (Å²) in [5.74, 6) is -0.352. The van der Waals surface area contributed by atoms with E-state index in [2.05, 4.69) is 20.4 Å². The van der Waals surface area contributed by atoms with Crippen LogP contribution >= 0.6 is 0 Å². The minimum absolute atomic E-state index is 0.165. The van der Waals surface area contributed by atoms with Crippen LogP contribution < -0.4 is 5.32 Å². The van der Waals surface area contributed by atoms with Gasteiger partial charge >= 0.3 is 6.18 Å². The highest BCUT2D eigenvalue weighted by molar-refractivity contribution is 6.43. The number of hydrogen-bond donors (Lipinski definition) is 1. The predicted octanol–water partition coefficient (Wildman–Crippen LogP) is 2.63. The zero-order valence-electron chi connectivity index (χ0n) is 14.8. The zero-order chi connectivity index (χ0) is 20.3. The first-order chi connectivity index (χ1) is 13.2. The molecular weight excluding hydrogens is 375 g/mol. The van der Waals surface area contributed by atoms with E-state index in [1.165, 1.54) is 25.4 Å². The first-order valence-electron chi connectivity index (χ1n) is 8.36. The largest absolute Gasteiger partial charge is 0.433 e. The molecule has 0 aromatic carbocycles. The Labute approximate surface area is 158 Å². The van der Waals surface area contributed by atoms with Gasteiger partial charge in [-0.2, -0.15) is 18.3 Å². The molecule has 0 atom stereocenters. The van der Waals surface area contributed by atoms with Crippen molar-refractivity contribution in [3.05, 3.63) is 53.5 Å². The van der Waals surface area contributed by atoms with Crippen molar-refractivity contribution in [1.29, 1.82) is 0 Å². The van der Waals surface area contributed by atoms with E-state index in [0.717, 1.165) is 11.1 Å². The maximum atomic E-state index is 12.7. The second-order valence-electron chi connectivity index (χ2n) is 6.16. The van der Waals surface area contributed by atoms with Crippen LogP contribution in [0.5, 0.6) is 0 Å². The lowest BCUT2D eigenvalue weighted by Gasteiger charge is -2.18. The molecule has 0 bridgehead atoms. The zero-order valence-corrected chi connectivity index (χ0v) is 14.8. The van der Waals surface area contributed by atoms with E-state index < -0.39 is 17.8 Å². The molecule has 7 nitrogen and oxygen atoms in total. The normalized spacial score (nSPS) is 14.6. The molecule has 0 spiro atoms. The summed E-state index contributed by atoms with van der Waals surface area (Å²) >= 11 is 0. The van der Waals surface area contributed by atoms with Gasteiger partial charge in [-0.25, -0.2) is 15.0 Å². The summed E-state index contributed by atoms with van der Waals surface area (Å²) < 4.78 is 38.2. The molecule has 1 aliphatic rings. The molecule has 1 N–H and O–H groups in total. The van der Waals surface area contributed by atoms with Crippen LogP contribution in [0.1, 0.15) is 29.8 Å². The fourth-order valence-electron chi connectivity index (χ4n) is 2.57. The van der Waals surface area contributed by atoms with Crippen molar-refractivity contribution in [2.75, 3.05) is 12.4 Å². The summed E-state index contributed by atoms with van der Waals surface area (Å²) in [4.78, 5) is 31.3. The van der Waals surface area contributed by atoms with Crippen LogP contribution in [0.3, 0.4) is 0 Å². The Kier molecular flexibility index (Phi) is 5.39. The van der Waals surface area contributed by atoms with Crippen LogP contribution in [-0.2, 0) is 22.2 Å². The minimum Gasteiger partial charge on any atom is -0.305 e. The molecule has 0 unspecified atom stereocenters. The molecule has 146 valence electrons. The van der Waals surface area contributed by atoms with E-state index in [-0.39, 0.29) is 42.4 Å². The van der Waals surface area contributed by atoms with Crippen LogP contribution in [0.4, 0.5) is 19.0 Å². The van der Waals surface area contributed by atoms with Crippen molar-refractivity contribution in [3.8, 4) is 0 Å². The Morgan fingerprint density at radius 3 is 2.64 bits per heavy atom. The first-order valence-corrected chi connectivity index (χ1v) is 8.36. The first kappa shape index (κ1) is 19.5. The van der Waals surface area contributed by atoms with Crippen LogP contribution in [-0.4, -0.2) is 39.6 Å². The highest BCUT2D eigenvalue weighted by atomic mass is 19.4. The van der Waals surface area contributed by atoms with Gasteiger partial charge in [-0.3, -0.25) is 9.59 Å².